The Morgan fingerprint density at radius 2 is 1.90 bits per heavy atom. The zero-order chi connectivity index (χ0) is 20.1. The summed E-state index contributed by atoms with van der Waals surface area (Å²) in [4.78, 5) is 29.2. The van der Waals surface area contributed by atoms with Gasteiger partial charge in [-0.05, 0) is 74.1 Å². The number of hydrogen-bond donors (Lipinski definition) is 2. The van der Waals surface area contributed by atoms with Crippen LogP contribution in [0.25, 0.3) is 16.6 Å². The lowest BCUT2D eigenvalue weighted by Gasteiger charge is -2.17. The van der Waals surface area contributed by atoms with Crippen LogP contribution in [0.3, 0.4) is 0 Å². The molecule has 0 spiro atoms. The lowest BCUT2D eigenvalue weighted by Crippen LogP contribution is -2.31. The molecule has 7 heteroatoms. The number of H-pyrrole nitrogens is 2. The van der Waals surface area contributed by atoms with Crippen LogP contribution in [-0.2, 0) is 12.8 Å². The minimum absolute atomic E-state index is 0.505. The van der Waals surface area contributed by atoms with Crippen LogP contribution < -0.4 is 16.0 Å². The fourth-order valence-corrected chi connectivity index (χ4v) is 4.15. The van der Waals surface area contributed by atoms with Crippen molar-refractivity contribution in [1.82, 2.24) is 19.7 Å². The fraction of sp³-hybridized carbons (Fsp3) is 0.227. The number of benzene rings is 2. The van der Waals surface area contributed by atoms with Crippen LogP contribution in [-0.4, -0.2) is 19.7 Å². The summed E-state index contributed by atoms with van der Waals surface area (Å²) in [6.07, 6.45) is 5.81. The first kappa shape index (κ1) is 17.5. The first-order valence-electron chi connectivity index (χ1n) is 9.61. The van der Waals surface area contributed by atoms with Crippen molar-refractivity contribution >= 4 is 10.9 Å². The molecular formula is C22H20N4O3. The van der Waals surface area contributed by atoms with E-state index in [1.165, 1.54) is 10.2 Å². The molecule has 0 saturated heterocycles. The van der Waals surface area contributed by atoms with Gasteiger partial charge >= 0.3 is 5.69 Å². The van der Waals surface area contributed by atoms with Gasteiger partial charge in [0, 0.05) is 22.7 Å². The van der Waals surface area contributed by atoms with Gasteiger partial charge in [0.15, 0.2) is 0 Å². The Balaban J connectivity index is 1.63. The highest BCUT2D eigenvalue weighted by molar-refractivity contribution is 5.84. The van der Waals surface area contributed by atoms with Crippen LogP contribution in [0.15, 0.2) is 46.2 Å². The summed E-state index contributed by atoms with van der Waals surface area (Å²) in [5.41, 5.74) is 4.99. The van der Waals surface area contributed by atoms with Crippen LogP contribution in [0.1, 0.15) is 28.7 Å². The second kappa shape index (κ2) is 6.48. The number of rotatable bonds is 3. The van der Waals surface area contributed by atoms with Crippen LogP contribution in [0, 0.1) is 13.8 Å². The van der Waals surface area contributed by atoms with Crippen molar-refractivity contribution in [3.05, 3.63) is 79.8 Å². The number of aromatic amines is 2. The van der Waals surface area contributed by atoms with Crippen molar-refractivity contribution < 1.29 is 4.74 Å². The van der Waals surface area contributed by atoms with E-state index in [4.69, 9.17) is 4.74 Å². The van der Waals surface area contributed by atoms with Crippen molar-refractivity contribution in [3.63, 3.8) is 0 Å². The maximum atomic E-state index is 12.3. The van der Waals surface area contributed by atoms with Gasteiger partial charge in [0.05, 0.1) is 5.69 Å². The average Bonchev–Trinajstić information content (AvgIpc) is 3.32. The zero-order valence-electron chi connectivity index (χ0n) is 16.2. The van der Waals surface area contributed by atoms with Crippen molar-refractivity contribution in [3.8, 4) is 17.2 Å². The molecule has 4 aromatic rings. The standard InChI is InChI=1S/C22H20N4O3/c1-12-8-19(26-22(28)25-20(27)11-24-26)15-4-3-5-16(15)21(12)29-14-6-7-18-17(9-14)13(2)10-23-18/h6-11,23H,3-5H2,1-2H3,(H,25,27,28). The van der Waals surface area contributed by atoms with Gasteiger partial charge in [0.25, 0.3) is 5.56 Å². The van der Waals surface area contributed by atoms with Gasteiger partial charge in [-0.25, -0.2) is 4.79 Å². The van der Waals surface area contributed by atoms with Gasteiger partial charge < -0.3 is 9.72 Å². The molecule has 0 radical (unpaired) electrons. The van der Waals surface area contributed by atoms with E-state index in [9.17, 15) is 9.59 Å². The Morgan fingerprint density at radius 1 is 1.07 bits per heavy atom. The Bertz CT molecular complexity index is 1380. The van der Waals surface area contributed by atoms with Crippen molar-refractivity contribution in [2.45, 2.75) is 33.1 Å². The van der Waals surface area contributed by atoms with Crippen LogP contribution in [0.2, 0.25) is 0 Å². The molecule has 7 nitrogen and oxygen atoms in total. The highest BCUT2D eigenvalue weighted by Gasteiger charge is 2.24. The third-order valence-corrected chi connectivity index (χ3v) is 5.53. The minimum atomic E-state index is -0.534. The molecule has 5 rings (SSSR count). The van der Waals surface area contributed by atoms with E-state index in [0.717, 1.165) is 64.6 Å². The van der Waals surface area contributed by atoms with E-state index >= 15 is 0 Å². The SMILES string of the molecule is Cc1cc(-n2ncc(=O)[nH]c2=O)c2c(c1Oc1ccc3[nH]cc(C)c3c1)CCC2. The maximum absolute atomic E-state index is 12.3. The molecule has 1 aliphatic carbocycles. The van der Waals surface area contributed by atoms with Gasteiger partial charge in [-0.3, -0.25) is 9.78 Å². The zero-order valence-corrected chi connectivity index (χ0v) is 16.2. The van der Waals surface area contributed by atoms with Gasteiger partial charge in [-0.15, -0.1) is 0 Å². The third kappa shape index (κ3) is 2.86. The van der Waals surface area contributed by atoms with E-state index in [1.54, 1.807) is 0 Å². The van der Waals surface area contributed by atoms with Crippen LogP contribution >= 0.6 is 0 Å². The maximum Gasteiger partial charge on any atom is 0.349 e. The number of hydrogen-bond acceptors (Lipinski definition) is 4. The smallest absolute Gasteiger partial charge is 0.349 e. The molecular weight excluding hydrogens is 368 g/mol. The van der Waals surface area contributed by atoms with Crippen LogP contribution in [0.4, 0.5) is 0 Å². The molecule has 2 aromatic carbocycles. The molecule has 0 fully saturated rings. The Kier molecular flexibility index (Phi) is 3.91. The Labute approximate surface area is 166 Å². The van der Waals surface area contributed by atoms with Gasteiger partial charge in [-0.2, -0.15) is 9.78 Å². The second-order valence-corrected chi connectivity index (χ2v) is 7.48. The summed E-state index contributed by atoms with van der Waals surface area (Å²) in [6.45, 7) is 4.03. The molecule has 2 aromatic heterocycles. The predicted molar refractivity (Wildman–Crippen MR) is 110 cm³/mol. The topological polar surface area (TPSA) is 92.8 Å². The summed E-state index contributed by atoms with van der Waals surface area (Å²) < 4.78 is 7.61. The molecule has 2 N–H and O–H groups in total. The number of aryl methyl sites for hydroxylation is 2. The summed E-state index contributed by atoms with van der Waals surface area (Å²) in [5.74, 6) is 1.62. The highest BCUT2D eigenvalue weighted by atomic mass is 16.5. The summed E-state index contributed by atoms with van der Waals surface area (Å²) in [5, 5.41) is 5.17. The van der Waals surface area contributed by atoms with Gasteiger partial charge in [-0.1, -0.05) is 0 Å². The summed E-state index contributed by atoms with van der Waals surface area (Å²) >= 11 is 0. The molecule has 2 heterocycles. The first-order valence-corrected chi connectivity index (χ1v) is 9.61. The highest BCUT2D eigenvalue weighted by Crippen LogP contribution is 2.40. The molecule has 0 bridgehead atoms. The van der Waals surface area contributed by atoms with Crippen LogP contribution in [0.5, 0.6) is 11.5 Å². The average molecular weight is 388 g/mol. The minimum Gasteiger partial charge on any atom is -0.457 e. The Hall–Kier alpha value is -3.61. The molecule has 0 amide bonds. The normalized spacial score (nSPS) is 13.0. The second-order valence-electron chi connectivity index (χ2n) is 7.48. The van der Waals surface area contributed by atoms with Crippen molar-refractivity contribution in [2.24, 2.45) is 0 Å². The lowest BCUT2D eigenvalue weighted by molar-refractivity contribution is 0.473. The predicted octanol–water partition coefficient (Wildman–Crippen LogP) is 3.30. The van der Waals surface area contributed by atoms with E-state index in [0.29, 0.717) is 5.69 Å². The van der Waals surface area contributed by atoms with E-state index in [1.807, 2.05) is 37.4 Å². The molecule has 1 aliphatic rings. The van der Waals surface area contributed by atoms with Crippen molar-refractivity contribution in [1.29, 1.82) is 0 Å². The van der Waals surface area contributed by atoms with Gasteiger partial charge in [0.1, 0.15) is 17.7 Å². The monoisotopic (exact) mass is 388 g/mol. The fourth-order valence-electron chi connectivity index (χ4n) is 4.15. The third-order valence-electron chi connectivity index (χ3n) is 5.53. The van der Waals surface area contributed by atoms with E-state index in [2.05, 4.69) is 22.0 Å². The van der Waals surface area contributed by atoms with Gasteiger partial charge in [0.2, 0.25) is 0 Å². The largest absolute Gasteiger partial charge is 0.457 e. The van der Waals surface area contributed by atoms with E-state index in [-0.39, 0.29) is 0 Å². The number of fused-ring (bicyclic) bond motifs is 2. The molecule has 0 atom stereocenters. The molecule has 146 valence electrons. The van der Waals surface area contributed by atoms with E-state index < -0.39 is 11.2 Å². The number of nitrogens with zero attached hydrogens (tertiary/aromatic N) is 2. The number of nitrogens with one attached hydrogen (secondary N) is 2. The first-order chi connectivity index (χ1) is 14.0. The molecule has 0 unspecified atom stereocenters. The lowest BCUT2D eigenvalue weighted by atomic mass is 10.0. The van der Waals surface area contributed by atoms with Crippen molar-refractivity contribution in [2.75, 3.05) is 0 Å². The molecule has 0 aliphatic heterocycles. The molecule has 29 heavy (non-hydrogen) atoms. The number of ether oxygens (including phenoxy) is 1. The summed E-state index contributed by atoms with van der Waals surface area (Å²) in [7, 11) is 0. The Morgan fingerprint density at radius 3 is 2.72 bits per heavy atom. The summed E-state index contributed by atoms with van der Waals surface area (Å²) in [6, 6.07) is 7.93. The molecule has 0 saturated carbocycles. The quantitative estimate of drug-likeness (QED) is 0.563. The number of aromatic nitrogens is 4.